The lowest BCUT2D eigenvalue weighted by atomic mass is 10.3. The van der Waals surface area contributed by atoms with Crippen LogP contribution in [-0.4, -0.2) is 31.7 Å². The van der Waals surface area contributed by atoms with Gasteiger partial charge in [-0.1, -0.05) is 13.3 Å². The van der Waals surface area contributed by atoms with Crippen LogP contribution in [0.15, 0.2) is 0 Å². The van der Waals surface area contributed by atoms with Crippen molar-refractivity contribution >= 4 is 0 Å². The molecule has 13 heavy (non-hydrogen) atoms. The molecule has 3 nitrogen and oxygen atoms in total. The Hall–Kier alpha value is -0.120. The van der Waals surface area contributed by atoms with E-state index >= 15 is 0 Å². The molecule has 2 atom stereocenters. The Labute approximate surface area is 81.5 Å². The first-order valence-electron chi connectivity index (χ1n) is 5.64. The molecule has 0 spiro atoms. The minimum Gasteiger partial charge on any atom is -0.358 e. The van der Waals surface area contributed by atoms with Gasteiger partial charge in [-0.2, -0.15) is 0 Å². The topological polar surface area (TPSA) is 51.7 Å². The Balaban J connectivity index is 1.85. The minimum absolute atomic E-state index is 0.753. The molecule has 0 aromatic heterocycles. The van der Waals surface area contributed by atoms with Crippen molar-refractivity contribution in [3.8, 4) is 0 Å². The van der Waals surface area contributed by atoms with Gasteiger partial charge >= 0.3 is 0 Å². The number of quaternary nitrogens is 1. The molecular formula is C10H24N3+. The van der Waals surface area contributed by atoms with E-state index in [1.165, 1.54) is 32.2 Å². The van der Waals surface area contributed by atoms with Crippen LogP contribution in [0.4, 0.5) is 0 Å². The predicted octanol–water partition coefficient (Wildman–Crippen LogP) is -0.261. The number of rotatable bonds is 8. The van der Waals surface area contributed by atoms with Gasteiger partial charge in [-0.3, -0.25) is 0 Å². The summed E-state index contributed by atoms with van der Waals surface area (Å²) >= 11 is 0. The molecule has 0 heterocycles. The van der Waals surface area contributed by atoms with Gasteiger partial charge in [0.15, 0.2) is 0 Å². The van der Waals surface area contributed by atoms with E-state index in [-0.39, 0.29) is 0 Å². The first-order chi connectivity index (χ1) is 6.38. The summed E-state index contributed by atoms with van der Waals surface area (Å²) in [4.78, 5) is 0. The van der Waals surface area contributed by atoms with Gasteiger partial charge in [0, 0.05) is 25.0 Å². The Morgan fingerprint density at radius 2 is 1.77 bits per heavy atom. The molecule has 1 rings (SSSR count). The number of hydrogen-bond acceptors (Lipinski definition) is 2. The molecule has 0 aliphatic heterocycles. The van der Waals surface area contributed by atoms with Gasteiger partial charge in [-0.15, -0.1) is 0 Å². The number of unbranched alkanes of at least 4 members (excludes halogenated alkanes) is 1. The second kappa shape index (κ2) is 6.35. The van der Waals surface area contributed by atoms with Gasteiger partial charge in [-0.05, 0) is 19.4 Å². The van der Waals surface area contributed by atoms with Crippen molar-refractivity contribution in [2.75, 3.05) is 19.6 Å². The van der Waals surface area contributed by atoms with Crippen LogP contribution in [0.3, 0.4) is 0 Å². The molecule has 0 amide bonds. The van der Waals surface area contributed by atoms with Gasteiger partial charge in [0.05, 0.1) is 6.54 Å². The average molecular weight is 186 g/mol. The molecule has 1 saturated carbocycles. The number of hydrogen-bond donors (Lipinski definition) is 3. The highest BCUT2D eigenvalue weighted by Gasteiger charge is 2.35. The first kappa shape index (κ1) is 11.0. The summed E-state index contributed by atoms with van der Waals surface area (Å²) in [6.45, 7) is 5.61. The smallest absolute Gasteiger partial charge is 0.0752 e. The summed E-state index contributed by atoms with van der Waals surface area (Å²) in [6, 6.07) is 1.51. The van der Waals surface area contributed by atoms with Crippen molar-refractivity contribution in [1.82, 2.24) is 10.6 Å². The van der Waals surface area contributed by atoms with Gasteiger partial charge in [0.25, 0.3) is 0 Å². The quantitative estimate of drug-likeness (QED) is 0.457. The molecule has 1 aliphatic rings. The summed E-state index contributed by atoms with van der Waals surface area (Å²) in [6.07, 6.45) is 5.13. The molecule has 0 radical (unpaired) electrons. The van der Waals surface area contributed by atoms with Gasteiger partial charge < -0.3 is 16.4 Å². The zero-order chi connectivity index (χ0) is 9.52. The molecular weight excluding hydrogens is 162 g/mol. The maximum Gasteiger partial charge on any atom is 0.0752 e. The highest BCUT2D eigenvalue weighted by Crippen LogP contribution is 2.20. The van der Waals surface area contributed by atoms with E-state index < -0.39 is 0 Å². The van der Waals surface area contributed by atoms with Crippen molar-refractivity contribution in [1.29, 1.82) is 0 Å². The van der Waals surface area contributed by atoms with E-state index in [2.05, 4.69) is 23.3 Å². The SMILES string of the molecule is CCCCNC1CC1NCCC[NH3+]. The molecule has 0 saturated heterocycles. The lowest BCUT2D eigenvalue weighted by molar-refractivity contribution is -0.367. The van der Waals surface area contributed by atoms with E-state index in [0.29, 0.717) is 0 Å². The molecule has 5 N–H and O–H groups in total. The predicted molar refractivity (Wildman–Crippen MR) is 55.5 cm³/mol. The molecule has 0 aromatic carbocycles. The lowest BCUT2D eigenvalue weighted by Crippen LogP contribution is -2.51. The van der Waals surface area contributed by atoms with Crippen LogP contribution in [0.2, 0.25) is 0 Å². The maximum absolute atomic E-state index is 3.83. The highest BCUT2D eigenvalue weighted by atomic mass is 15.1. The van der Waals surface area contributed by atoms with Crippen LogP contribution in [0.5, 0.6) is 0 Å². The van der Waals surface area contributed by atoms with Crippen LogP contribution in [-0.2, 0) is 0 Å². The Bertz CT molecular complexity index is 113. The molecule has 0 bridgehead atoms. The van der Waals surface area contributed by atoms with Crippen molar-refractivity contribution in [2.45, 2.75) is 44.7 Å². The normalized spacial score (nSPS) is 26.3. The molecule has 1 fully saturated rings. The van der Waals surface area contributed by atoms with E-state index in [1.54, 1.807) is 0 Å². The third-order valence-electron chi connectivity index (χ3n) is 2.56. The van der Waals surface area contributed by atoms with Crippen LogP contribution in [0.1, 0.15) is 32.6 Å². The minimum atomic E-state index is 0.753. The molecule has 78 valence electrons. The fraction of sp³-hybridized carbons (Fsp3) is 1.00. The van der Waals surface area contributed by atoms with E-state index in [1.807, 2.05) is 0 Å². The van der Waals surface area contributed by atoms with E-state index in [4.69, 9.17) is 0 Å². The lowest BCUT2D eigenvalue weighted by Gasteiger charge is -2.03. The van der Waals surface area contributed by atoms with Gasteiger partial charge in [0.1, 0.15) is 0 Å². The average Bonchev–Trinajstić information content (AvgIpc) is 2.85. The van der Waals surface area contributed by atoms with Crippen molar-refractivity contribution in [3.05, 3.63) is 0 Å². The standard InChI is InChI=1S/C10H23N3/c1-2-3-6-12-9-8-10(9)13-7-4-5-11/h9-10,12-13H,2-8,11H2,1H3/p+1. The second-order valence-electron chi connectivity index (χ2n) is 3.92. The summed E-state index contributed by atoms with van der Waals surface area (Å²) in [5, 5.41) is 7.09. The molecule has 0 aromatic rings. The van der Waals surface area contributed by atoms with Crippen molar-refractivity contribution in [2.24, 2.45) is 0 Å². The van der Waals surface area contributed by atoms with E-state index in [0.717, 1.165) is 25.2 Å². The Morgan fingerprint density at radius 3 is 2.31 bits per heavy atom. The van der Waals surface area contributed by atoms with Crippen LogP contribution < -0.4 is 16.4 Å². The Kier molecular flexibility index (Phi) is 5.35. The van der Waals surface area contributed by atoms with Crippen LogP contribution in [0.25, 0.3) is 0 Å². The first-order valence-corrected chi connectivity index (χ1v) is 5.64. The summed E-state index contributed by atoms with van der Waals surface area (Å²) in [5.41, 5.74) is 3.83. The largest absolute Gasteiger partial charge is 0.358 e. The third kappa shape index (κ3) is 4.60. The van der Waals surface area contributed by atoms with E-state index in [9.17, 15) is 0 Å². The van der Waals surface area contributed by atoms with Crippen LogP contribution >= 0.6 is 0 Å². The fourth-order valence-corrected chi connectivity index (χ4v) is 1.52. The van der Waals surface area contributed by atoms with Gasteiger partial charge in [-0.25, -0.2) is 0 Å². The fourth-order valence-electron chi connectivity index (χ4n) is 1.52. The second-order valence-corrected chi connectivity index (χ2v) is 3.92. The monoisotopic (exact) mass is 186 g/mol. The zero-order valence-corrected chi connectivity index (χ0v) is 8.81. The summed E-state index contributed by atoms with van der Waals surface area (Å²) in [7, 11) is 0. The van der Waals surface area contributed by atoms with Gasteiger partial charge in [0.2, 0.25) is 0 Å². The molecule has 2 unspecified atom stereocenters. The maximum atomic E-state index is 3.83. The Morgan fingerprint density at radius 1 is 1.15 bits per heavy atom. The van der Waals surface area contributed by atoms with Crippen molar-refractivity contribution in [3.63, 3.8) is 0 Å². The zero-order valence-electron chi connectivity index (χ0n) is 8.81. The molecule has 1 aliphatic carbocycles. The third-order valence-corrected chi connectivity index (χ3v) is 2.56. The molecule has 3 heteroatoms. The van der Waals surface area contributed by atoms with Crippen LogP contribution in [0, 0.1) is 0 Å². The highest BCUT2D eigenvalue weighted by molar-refractivity contribution is 4.99. The van der Waals surface area contributed by atoms with Crippen molar-refractivity contribution < 1.29 is 5.73 Å². The summed E-state index contributed by atoms with van der Waals surface area (Å²) < 4.78 is 0. The summed E-state index contributed by atoms with van der Waals surface area (Å²) in [5.74, 6) is 0. The number of nitrogens with one attached hydrogen (secondary N) is 2.